The maximum absolute atomic E-state index is 13.2. The van der Waals surface area contributed by atoms with Crippen molar-refractivity contribution < 1.29 is 9.13 Å². The van der Waals surface area contributed by atoms with E-state index in [1.165, 1.54) is 6.07 Å². The maximum atomic E-state index is 13.2. The lowest BCUT2D eigenvalue weighted by Gasteiger charge is -2.12. The summed E-state index contributed by atoms with van der Waals surface area (Å²) in [6.07, 6.45) is 0. The molecule has 4 heteroatoms. The number of benzene rings is 2. The fourth-order valence-electron chi connectivity index (χ4n) is 2.24. The van der Waals surface area contributed by atoms with Crippen LogP contribution in [-0.2, 0) is 6.54 Å². The van der Waals surface area contributed by atoms with Gasteiger partial charge in [0.1, 0.15) is 18.2 Å². The van der Waals surface area contributed by atoms with Gasteiger partial charge in [0.2, 0.25) is 0 Å². The molecule has 0 fully saturated rings. The number of fused-ring (bicyclic) bond motifs is 1. The van der Waals surface area contributed by atoms with Crippen LogP contribution in [0, 0.1) is 5.82 Å². The zero-order valence-corrected chi connectivity index (χ0v) is 11.8. The first-order valence-corrected chi connectivity index (χ1v) is 6.92. The molecule has 0 radical (unpaired) electrons. The molecule has 0 amide bonds. The first-order chi connectivity index (χ1) is 9.24. The van der Waals surface area contributed by atoms with Gasteiger partial charge in [-0.15, -0.1) is 0 Å². The van der Waals surface area contributed by atoms with E-state index in [0.717, 1.165) is 21.3 Å². The van der Waals surface area contributed by atoms with Gasteiger partial charge in [-0.25, -0.2) is 4.39 Å². The lowest BCUT2D eigenvalue weighted by atomic mass is 10.1. The molecule has 2 nitrogen and oxygen atoms in total. The van der Waals surface area contributed by atoms with Crippen LogP contribution in [0.4, 0.5) is 4.39 Å². The fourth-order valence-corrected chi connectivity index (χ4v) is 2.63. The standard InChI is InChI=1S/C15H13BrFNO/c16-13-6-5-11(17)7-10(13)8-18-14-9-19-15-4-2-1-3-12(14)15/h1-7,14,18H,8-9H2. The second kappa shape index (κ2) is 5.31. The lowest BCUT2D eigenvalue weighted by molar-refractivity contribution is 0.310. The number of hydrogen-bond donors (Lipinski definition) is 1. The van der Waals surface area contributed by atoms with Gasteiger partial charge in [-0.3, -0.25) is 0 Å². The third-order valence-corrected chi connectivity index (χ3v) is 4.02. The van der Waals surface area contributed by atoms with E-state index in [9.17, 15) is 4.39 Å². The molecule has 2 aromatic carbocycles. The molecule has 1 heterocycles. The van der Waals surface area contributed by atoms with Gasteiger partial charge in [0.25, 0.3) is 0 Å². The van der Waals surface area contributed by atoms with E-state index in [-0.39, 0.29) is 11.9 Å². The number of hydrogen-bond acceptors (Lipinski definition) is 2. The van der Waals surface area contributed by atoms with Crippen LogP contribution in [0.15, 0.2) is 46.9 Å². The van der Waals surface area contributed by atoms with Crippen LogP contribution in [0.2, 0.25) is 0 Å². The Morgan fingerprint density at radius 1 is 1.26 bits per heavy atom. The normalized spacial score (nSPS) is 17.1. The first kappa shape index (κ1) is 12.6. The first-order valence-electron chi connectivity index (χ1n) is 6.13. The molecule has 1 N–H and O–H groups in total. The minimum Gasteiger partial charge on any atom is -0.491 e. The van der Waals surface area contributed by atoms with Gasteiger partial charge < -0.3 is 10.1 Å². The highest BCUT2D eigenvalue weighted by molar-refractivity contribution is 9.10. The summed E-state index contributed by atoms with van der Waals surface area (Å²) >= 11 is 3.43. The van der Waals surface area contributed by atoms with Crippen molar-refractivity contribution in [2.75, 3.05) is 6.61 Å². The zero-order valence-electron chi connectivity index (χ0n) is 10.2. The van der Waals surface area contributed by atoms with Crippen LogP contribution >= 0.6 is 15.9 Å². The molecule has 1 aliphatic rings. The number of ether oxygens (including phenoxy) is 1. The zero-order chi connectivity index (χ0) is 13.2. The summed E-state index contributed by atoms with van der Waals surface area (Å²) in [6.45, 7) is 1.22. The van der Waals surface area contributed by atoms with E-state index < -0.39 is 0 Å². The van der Waals surface area contributed by atoms with Gasteiger partial charge >= 0.3 is 0 Å². The summed E-state index contributed by atoms with van der Waals surface area (Å²) in [4.78, 5) is 0. The Bertz CT molecular complexity index is 602. The fraction of sp³-hybridized carbons (Fsp3) is 0.200. The number of nitrogens with one attached hydrogen (secondary N) is 1. The molecule has 0 bridgehead atoms. The average Bonchev–Trinajstić information content (AvgIpc) is 2.83. The summed E-state index contributed by atoms with van der Waals surface area (Å²) in [7, 11) is 0. The third-order valence-electron chi connectivity index (χ3n) is 3.25. The van der Waals surface area contributed by atoms with Gasteiger partial charge in [0.05, 0.1) is 6.04 Å². The van der Waals surface area contributed by atoms with Crippen molar-refractivity contribution in [1.29, 1.82) is 0 Å². The smallest absolute Gasteiger partial charge is 0.124 e. The van der Waals surface area contributed by atoms with Gasteiger partial charge in [-0.1, -0.05) is 34.1 Å². The maximum Gasteiger partial charge on any atom is 0.124 e. The molecule has 19 heavy (non-hydrogen) atoms. The summed E-state index contributed by atoms with van der Waals surface area (Å²) in [5.74, 6) is 0.710. The minimum atomic E-state index is -0.219. The molecule has 1 aliphatic heterocycles. The van der Waals surface area contributed by atoms with Crippen LogP contribution in [0.1, 0.15) is 17.2 Å². The molecular weight excluding hydrogens is 309 g/mol. The van der Waals surface area contributed by atoms with Crippen LogP contribution in [0.25, 0.3) is 0 Å². The highest BCUT2D eigenvalue weighted by atomic mass is 79.9. The average molecular weight is 322 g/mol. The van der Waals surface area contributed by atoms with Gasteiger partial charge in [-0.2, -0.15) is 0 Å². The van der Waals surface area contributed by atoms with Gasteiger partial charge in [-0.05, 0) is 29.8 Å². The van der Waals surface area contributed by atoms with Crippen LogP contribution in [-0.4, -0.2) is 6.61 Å². The molecule has 0 saturated carbocycles. The molecule has 0 saturated heterocycles. The van der Waals surface area contributed by atoms with Crippen LogP contribution in [0.5, 0.6) is 5.75 Å². The number of halogens is 2. The monoisotopic (exact) mass is 321 g/mol. The quantitative estimate of drug-likeness (QED) is 0.928. The summed E-state index contributed by atoms with van der Waals surface area (Å²) in [5, 5.41) is 3.40. The van der Waals surface area contributed by atoms with Crippen molar-refractivity contribution >= 4 is 15.9 Å². The Hall–Kier alpha value is -1.39. The van der Waals surface area contributed by atoms with Gasteiger partial charge in [0.15, 0.2) is 0 Å². The molecule has 0 aliphatic carbocycles. The lowest BCUT2D eigenvalue weighted by Crippen LogP contribution is -2.22. The Morgan fingerprint density at radius 2 is 2.11 bits per heavy atom. The molecule has 0 spiro atoms. The van der Waals surface area contributed by atoms with Crippen LogP contribution in [0.3, 0.4) is 0 Å². The predicted octanol–water partition coefficient (Wildman–Crippen LogP) is 3.81. The van der Waals surface area contributed by atoms with Crippen molar-refractivity contribution in [2.24, 2.45) is 0 Å². The Balaban J connectivity index is 1.72. The van der Waals surface area contributed by atoms with Crippen molar-refractivity contribution in [3.05, 3.63) is 63.9 Å². The van der Waals surface area contributed by atoms with Crippen molar-refractivity contribution in [3.8, 4) is 5.75 Å². The van der Waals surface area contributed by atoms with Crippen molar-refractivity contribution in [1.82, 2.24) is 5.32 Å². The van der Waals surface area contributed by atoms with Crippen molar-refractivity contribution in [2.45, 2.75) is 12.6 Å². The molecule has 1 atom stereocenters. The molecule has 1 unspecified atom stereocenters. The van der Waals surface area contributed by atoms with E-state index in [0.29, 0.717) is 13.2 Å². The number of rotatable bonds is 3. The van der Waals surface area contributed by atoms with E-state index in [4.69, 9.17) is 4.74 Å². The largest absolute Gasteiger partial charge is 0.491 e. The van der Waals surface area contributed by atoms with E-state index in [1.54, 1.807) is 12.1 Å². The molecule has 3 rings (SSSR count). The summed E-state index contributed by atoms with van der Waals surface area (Å²) in [6, 6.07) is 12.9. The SMILES string of the molecule is Fc1ccc(Br)c(CNC2COc3ccccc32)c1. The van der Waals surface area contributed by atoms with E-state index in [2.05, 4.69) is 27.3 Å². The van der Waals surface area contributed by atoms with E-state index >= 15 is 0 Å². The number of para-hydroxylation sites is 1. The highest BCUT2D eigenvalue weighted by Crippen LogP contribution is 2.32. The third kappa shape index (κ3) is 2.65. The van der Waals surface area contributed by atoms with Crippen LogP contribution < -0.4 is 10.1 Å². The molecular formula is C15H13BrFNO. The Labute approximate surface area is 119 Å². The predicted molar refractivity (Wildman–Crippen MR) is 75.6 cm³/mol. The Kier molecular flexibility index (Phi) is 3.53. The molecule has 98 valence electrons. The second-order valence-electron chi connectivity index (χ2n) is 4.52. The molecule has 0 aromatic heterocycles. The molecule has 2 aromatic rings. The van der Waals surface area contributed by atoms with Gasteiger partial charge in [0, 0.05) is 16.6 Å². The van der Waals surface area contributed by atoms with E-state index in [1.807, 2.05) is 18.2 Å². The highest BCUT2D eigenvalue weighted by Gasteiger charge is 2.22. The minimum absolute atomic E-state index is 0.159. The topological polar surface area (TPSA) is 21.3 Å². The summed E-state index contributed by atoms with van der Waals surface area (Å²) in [5.41, 5.74) is 2.07. The Morgan fingerprint density at radius 3 is 3.00 bits per heavy atom. The second-order valence-corrected chi connectivity index (χ2v) is 5.37. The summed E-state index contributed by atoms with van der Waals surface area (Å²) < 4.78 is 19.7. The van der Waals surface area contributed by atoms with Crippen molar-refractivity contribution in [3.63, 3.8) is 0 Å².